The fourth-order valence-electron chi connectivity index (χ4n) is 1.04. The molecule has 0 unspecified atom stereocenters. The Morgan fingerprint density at radius 2 is 0.643 bits per heavy atom. The summed E-state index contributed by atoms with van der Waals surface area (Å²) in [6, 6.07) is 0. The van der Waals surface area contributed by atoms with Crippen molar-refractivity contribution in [1.82, 2.24) is 0 Å². The molecule has 0 nitrogen and oxygen atoms in total. The third kappa shape index (κ3) is 6.01. The minimum absolute atomic E-state index is 0.988. The first kappa shape index (κ1) is 10.5. The fourth-order valence-corrected chi connectivity index (χ4v) is 1.04. The highest BCUT2D eigenvalue weighted by atomic mass is 13.8. The average molecular weight is 184 g/mol. The van der Waals surface area contributed by atoms with Gasteiger partial charge in [0.2, 0.25) is 0 Å². The third-order valence-corrected chi connectivity index (χ3v) is 1.76. The van der Waals surface area contributed by atoms with Crippen LogP contribution in [-0.4, -0.2) is 0 Å². The predicted octanol–water partition coefficient (Wildman–Crippen LogP) is 4.12. The Hall–Kier alpha value is -1.56. The number of allylic oxidation sites excluding steroid dienone is 12. The monoisotopic (exact) mass is 184 g/mol. The van der Waals surface area contributed by atoms with Gasteiger partial charge in [-0.3, -0.25) is 0 Å². The normalized spacial score (nSPS) is 17.1. The quantitative estimate of drug-likeness (QED) is 0.531. The highest BCUT2D eigenvalue weighted by Crippen LogP contribution is 1.92. The van der Waals surface area contributed by atoms with Gasteiger partial charge in [-0.1, -0.05) is 72.9 Å². The fraction of sp³-hybridized carbons (Fsp3) is 0.143. The average Bonchev–Trinajstić information content (AvgIpc) is 2.22. The molecule has 0 aromatic rings. The van der Waals surface area contributed by atoms with Gasteiger partial charge >= 0.3 is 0 Å². The maximum absolute atomic E-state index is 2.14. The molecular formula is C14H16. The molecule has 0 aromatic heterocycles. The molecule has 0 heterocycles. The van der Waals surface area contributed by atoms with Gasteiger partial charge in [0.05, 0.1) is 0 Å². The molecule has 0 bridgehead atoms. The summed E-state index contributed by atoms with van der Waals surface area (Å²) >= 11 is 0. The summed E-state index contributed by atoms with van der Waals surface area (Å²) in [5, 5.41) is 0. The summed E-state index contributed by atoms with van der Waals surface area (Å²) in [4.78, 5) is 0. The zero-order valence-electron chi connectivity index (χ0n) is 8.34. The van der Waals surface area contributed by atoms with Crippen LogP contribution in [0.15, 0.2) is 72.9 Å². The Labute approximate surface area is 86.3 Å². The van der Waals surface area contributed by atoms with E-state index in [0.29, 0.717) is 0 Å². The Morgan fingerprint density at radius 1 is 0.357 bits per heavy atom. The summed E-state index contributed by atoms with van der Waals surface area (Å²) in [7, 11) is 0. The van der Waals surface area contributed by atoms with E-state index in [1.807, 2.05) is 0 Å². The molecule has 72 valence electrons. The molecular weight excluding hydrogens is 168 g/mol. The van der Waals surface area contributed by atoms with Gasteiger partial charge in [0, 0.05) is 0 Å². The Balaban J connectivity index is 2.55. The lowest BCUT2D eigenvalue weighted by atomic mass is 10.3. The zero-order valence-corrected chi connectivity index (χ0v) is 8.34. The van der Waals surface area contributed by atoms with Crippen LogP contribution in [0.5, 0.6) is 0 Å². The van der Waals surface area contributed by atoms with E-state index in [4.69, 9.17) is 0 Å². The number of rotatable bonds is 0. The van der Waals surface area contributed by atoms with Crippen molar-refractivity contribution in [3.63, 3.8) is 0 Å². The van der Waals surface area contributed by atoms with E-state index >= 15 is 0 Å². The zero-order chi connectivity index (χ0) is 9.90. The second-order valence-electron chi connectivity index (χ2n) is 2.95. The van der Waals surface area contributed by atoms with Crippen LogP contribution in [0.3, 0.4) is 0 Å². The molecule has 1 aliphatic carbocycles. The van der Waals surface area contributed by atoms with Crippen LogP contribution in [0.2, 0.25) is 0 Å². The number of hydrogen-bond acceptors (Lipinski definition) is 0. The van der Waals surface area contributed by atoms with Crippen molar-refractivity contribution in [2.45, 2.75) is 12.8 Å². The highest BCUT2D eigenvalue weighted by molar-refractivity contribution is 5.16. The topological polar surface area (TPSA) is 0 Å². The van der Waals surface area contributed by atoms with Crippen molar-refractivity contribution >= 4 is 0 Å². The molecule has 1 aliphatic rings. The standard InChI is InChI=1S/C14H16/c1-2-4-6-8-10-12-14-13-11-9-7-5-3-1/h1-6,9-14H,7-8H2. The molecule has 0 radical (unpaired) electrons. The van der Waals surface area contributed by atoms with Crippen molar-refractivity contribution in [2.24, 2.45) is 0 Å². The molecule has 0 fully saturated rings. The Morgan fingerprint density at radius 3 is 0.929 bits per heavy atom. The van der Waals surface area contributed by atoms with E-state index in [0.717, 1.165) is 12.8 Å². The van der Waals surface area contributed by atoms with E-state index in [2.05, 4.69) is 72.9 Å². The second-order valence-corrected chi connectivity index (χ2v) is 2.95. The molecule has 0 saturated carbocycles. The first-order valence-corrected chi connectivity index (χ1v) is 4.97. The van der Waals surface area contributed by atoms with E-state index in [-0.39, 0.29) is 0 Å². The maximum Gasteiger partial charge on any atom is -0.0163 e. The summed E-state index contributed by atoms with van der Waals surface area (Å²) in [5.74, 6) is 0. The minimum Gasteiger partial charge on any atom is -0.0807 e. The van der Waals surface area contributed by atoms with Crippen LogP contribution < -0.4 is 0 Å². The predicted molar refractivity (Wildman–Crippen MR) is 64.1 cm³/mol. The summed E-state index contributed by atoms with van der Waals surface area (Å²) in [6.07, 6.45) is 27.0. The van der Waals surface area contributed by atoms with Crippen LogP contribution in [0.4, 0.5) is 0 Å². The van der Waals surface area contributed by atoms with Gasteiger partial charge in [0.1, 0.15) is 0 Å². The van der Waals surface area contributed by atoms with E-state index < -0.39 is 0 Å². The molecule has 14 heavy (non-hydrogen) atoms. The van der Waals surface area contributed by atoms with Crippen molar-refractivity contribution < 1.29 is 0 Å². The van der Waals surface area contributed by atoms with Crippen LogP contribution in [0.1, 0.15) is 12.8 Å². The summed E-state index contributed by atoms with van der Waals surface area (Å²) in [5.41, 5.74) is 0. The van der Waals surface area contributed by atoms with Crippen LogP contribution >= 0.6 is 0 Å². The van der Waals surface area contributed by atoms with Gasteiger partial charge in [-0.25, -0.2) is 0 Å². The van der Waals surface area contributed by atoms with E-state index in [1.165, 1.54) is 0 Å². The lowest BCUT2D eigenvalue weighted by molar-refractivity contribution is 1.38. The first-order valence-electron chi connectivity index (χ1n) is 4.97. The van der Waals surface area contributed by atoms with Crippen LogP contribution in [-0.2, 0) is 0 Å². The molecule has 0 aromatic carbocycles. The van der Waals surface area contributed by atoms with Crippen molar-refractivity contribution in [3.05, 3.63) is 72.9 Å². The van der Waals surface area contributed by atoms with E-state index in [1.54, 1.807) is 0 Å². The molecule has 0 heteroatoms. The van der Waals surface area contributed by atoms with Crippen molar-refractivity contribution in [1.29, 1.82) is 0 Å². The molecule has 1 rings (SSSR count). The van der Waals surface area contributed by atoms with Crippen molar-refractivity contribution in [2.75, 3.05) is 0 Å². The van der Waals surface area contributed by atoms with Crippen molar-refractivity contribution in [3.8, 4) is 0 Å². The third-order valence-electron chi connectivity index (χ3n) is 1.76. The minimum atomic E-state index is 0.988. The lowest BCUT2D eigenvalue weighted by Gasteiger charge is -1.82. The van der Waals surface area contributed by atoms with Gasteiger partial charge in [0.15, 0.2) is 0 Å². The lowest BCUT2D eigenvalue weighted by Crippen LogP contribution is -1.60. The molecule has 0 spiro atoms. The van der Waals surface area contributed by atoms with Gasteiger partial charge in [0.25, 0.3) is 0 Å². The molecule has 0 saturated heterocycles. The van der Waals surface area contributed by atoms with Gasteiger partial charge in [-0.2, -0.15) is 0 Å². The number of hydrogen-bond donors (Lipinski definition) is 0. The SMILES string of the molecule is C1=CC=CCC=CC=CC=CCC=C1. The summed E-state index contributed by atoms with van der Waals surface area (Å²) in [6.45, 7) is 0. The molecule has 0 amide bonds. The maximum atomic E-state index is 2.14. The molecule has 0 aliphatic heterocycles. The molecule has 0 atom stereocenters. The van der Waals surface area contributed by atoms with Gasteiger partial charge in [-0.05, 0) is 12.8 Å². The largest absolute Gasteiger partial charge is 0.0807 e. The second kappa shape index (κ2) is 8.06. The van der Waals surface area contributed by atoms with Gasteiger partial charge in [-0.15, -0.1) is 0 Å². The van der Waals surface area contributed by atoms with E-state index in [9.17, 15) is 0 Å². The van der Waals surface area contributed by atoms with Crippen LogP contribution in [0, 0.1) is 0 Å². The smallest absolute Gasteiger partial charge is 0.0163 e. The highest BCUT2D eigenvalue weighted by Gasteiger charge is 1.71. The molecule has 0 N–H and O–H groups in total. The van der Waals surface area contributed by atoms with Gasteiger partial charge < -0.3 is 0 Å². The van der Waals surface area contributed by atoms with Crippen LogP contribution in [0.25, 0.3) is 0 Å². The Bertz CT molecular complexity index is 236. The first-order chi connectivity index (χ1) is 7.00. The summed E-state index contributed by atoms with van der Waals surface area (Å²) < 4.78 is 0. The Kier molecular flexibility index (Phi) is 6.05.